The molecule has 194 valence electrons. The van der Waals surface area contributed by atoms with Crippen molar-refractivity contribution in [3.63, 3.8) is 0 Å². The molecule has 0 unspecified atom stereocenters. The van der Waals surface area contributed by atoms with Gasteiger partial charge in [0.2, 0.25) is 11.9 Å². The minimum absolute atomic E-state index is 0.00688. The van der Waals surface area contributed by atoms with Crippen LogP contribution in [0.3, 0.4) is 0 Å². The van der Waals surface area contributed by atoms with Gasteiger partial charge in [-0.25, -0.2) is 9.97 Å². The van der Waals surface area contributed by atoms with Crippen LogP contribution in [0, 0.1) is 0 Å². The number of hydrogen-bond acceptors (Lipinski definition) is 7. The lowest BCUT2D eigenvalue weighted by atomic mass is 10.2. The molecule has 0 aliphatic carbocycles. The van der Waals surface area contributed by atoms with Crippen molar-refractivity contribution in [1.29, 1.82) is 0 Å². The molecule has 0 saturated carbocycles. The largest absolute Gasteiger partial charge is 0.416 e. The van der Waals surface area contributed by atoms with E-state index < -0.39 is 11.7 Å². The summed E-state index contributed by atoms with van der Waals surface area (Å²) in [5.74, 6) is 0.912. The maximum atomic E-state index is 12.9. The van der Waals surface area contributed by atoms with E-state index in [1.165, 1.54) is 17.8 Å². The zero-order chi connectivity index (χ0) is 26.2. The normalized spacial score (nSPS) is 14.9. The molecule has 4 aromatic rings. The molecule has 1 aliphatic heterocycles. The first-order chi connectivity index (χ1) is 17.7. The van der Waals surface area contributed by atoms with Crippen molar-refractivity contribution in [2.75, 3.05) is 48.8 Å². The summed E-state index contributed by atoms with van der Waals surface area (Å²) >= 11 is 0. The molecule has 5 rings (SSSR count). The molecule has 2 aromatic heterocycles. The molecule has 0 atom stereocenters. The number of rotatable bonds is 6. The first kappa shape index (κ1) is 24.8. The van der Waals surface area contributed by atoms with Gasteiger partial charge in [-0.3, -0.25) is 4.57 Å². The lowest BCUT2D eigenvalue weighted by molar-refractivity contribution is -0.137. The number of alkyl halides is 3. The van der Waals surface area contributed by atoms with Gasteiger partial charge in [-0.2, -0.15) is 18.2 Å². The molecule has 11 heteroatoms. The number of hydrogen-bond donors (Lipinski definition) is 2. The zero-order valence-electron chi connectivity index (χ0n) is 20.9. The van der Waals surface area contributed by atoms with Crippen molar-refractivity contribution >= 4 is 40.1 Å². The predicted octanol–water partition coefficient (Wildman–Crippen LogP) is 5.67. The number of benzene rings is 2. The van der Waals surface area contributed by atoms with Gasteiger partial charge in [-0.05, 0) is 69.4 Å². The Kier molecular flexibility index (Phi) is 6.63. The van der Waals surface area contributed by atoms with Gasteiger partial charge in [0.05, 0.1) is 11.8 Å². The van der Waals surface area contributed by atoms with Crippen LogP contribution in [0.15, 0.2) is 54.7 Å². The Bertz CT molecular complexity index is 1360. The maximum absolute atomic E-state index is 12.9. The van der Waals surface area contributed by atoms with E-state index in [0.717, 1.165) is 44.0 Å². The van der Waals surface area contributed by atoms with Crippen LogP contribution in [0.2, 0.25) is 0 Å². The molecule has 0 radical (unpaired) electrons. The highest BCUT2D eigenvalue weighted by atomic mass is 19.4. The zero-order valence-corrected chi connectivity index (χ0v) is 20.9. The fourth-order valence-electron chi connectivity index (χ4n) is 4.35. The molecule has 8 nitrogen and oxygen atoms in total. The predicted molar refractivity (Wildman–Crippen MR) is 140 cm³/mol. The molecule has 0 spiro atoms. The molecular weight excluding hydrogens is 481 g/mol. The van der Waals surface area contributed by atoms with E-state index in [1.54, 1.807) is 6.20 Å². The molecule has 1 aliphatic rings. The third kappa shape index (κ3) is 5.46. The highest BCUT2D eigenvalue weighted by Crippen LogP contribution is 2.31. The first-order valence-corrected chi connectivity index (χ1v) is 12.2. The van der Waals surface area contributed by atoms with Crippen LogP contribution in [-0.4, -0.2) is 57.6 Å². The standard InChI is InChI=1S/C26H29F3N8/c1-17(2)37-23-22(33-25(37)32-20-6-4-18(5-7-20)26(27,28)29)16-30-24(34-23)31-19-8-10-21(11-9-19)36-14-12-35(3)13-15-36/h4-11,16-17H,12-15H2,1-3H3,(H,32,33)(H,30,31,34). The van der Waals surface area contributed by atoms with Crippen LogP contribution in [0.4, 0.5) is 42.1 Å². The van der Waals surface area contributed by atoms with Crippen LogP contribution < -0.4 is 15.5 Å². The van der Waals surface area contributed by atoms with E-state index in [-0.39, 0.29) is 6.04 Å². The number of imidazole rings is 1. The summed E-state index contributed by atoms with van der Waals surface area (Å²) in [7, 11) is 2.14. The van der Waals surface area contributed by atoms with Crippen molar-refractivity contribution in [3.8, 4) is 0 Å². The van der Waals surface area contributed by atoms with Crippen molar-refractivity contribution in [3.05, 3.63) is 60.3 Å². The number of likely N-dealkylation sites (N-methyl/N-ethyl adjacent to an activating group) is 1. The molecule has 2 N–H and O–H groups in total. The SMILES string of the molecule is CC(C)n1c(Nc2ccc(C(F)(F)F)cc2)nc2cnc(Nc3ccc(N4CCN(C)CC4)cc3)nc21. The van der Waals surface area contributed by atoms with E-state index in [0.29, 0.717) is 28.7 Å². The van der Waals surface area contributed by atoms with Crippen LogP contribution in [0.25, 0.3) is 11.2 Å². The molecule has 37 heavy (non-hydrogen) atoms. The van der Waals surface area contributed by atoms with Gasteiger partial charge in [-0.15, -0.1) is 0 Å². The average Bonchev–Trinajstić information content (AvgIpc) is 3.22. The van der Waals surface area contributed by atoms with E-state index in [1.807, 2.05) is 30.5 Å². The van der Waals surface area contributed by atoms with Gasteiger partial charge >= 0.3 is 6.18 Å². The number of nitrogens with zero attached hydrogens (tertiary/aromatic N) is 6. The third-order valence-corrected chi connectivity index (χ3v) is 6.41. The smallest absolute Gasteiger partial charge is 0.369 e. The van der Waals surface area contributed by atoms with Crippen LogP contribution >= 0.6 is 0 Å². The van der Waals surface area contributed by atoms with Gasteiger partial charge in [0, 0.05) is 49.3 Å². The Balaban J connectivity index is 1.35. The summed E-state index contributed by atoms with van der Waals surface area (Å²) in [6.45, 7) is 8.09. The second kappa shape index (κ2) is 9.89. The van der Waals surface area contributed by atoms with Crippen LogP contribution in [0.1, 0.15) is 25.5 Å². The van der Waals surface area contributed by atoms with Crippen molar-refractivity contribution in [1.82, 2.24) is 24.4 Å². The molecule has 0 bridgehead atoms. The average molecular weight is 511 g/mol. The molecular formula is C26H29F3N8. The Morgan fingerprint density at radius 1 is 0.838 bits per heavy atom. The molecule has 2 aromatic carbocycles. The highest BCUT2D eigenvalue weighted by molar-refractivity contribution is 5.77. The Morgan fingerprint density at radius 3 is 2.08 bits per heavy atom. The van der Waals surface area contributed by atoms with Crippen molar-refractivity contribution < 1.29 is 13.2 Å². The minimum Gasteiger partial charge on any atom is -0.369 e. The number of aromatic nitrogens is 4. The maximum Gasteiger partial charge on any atom is 0.416 e. The number of halogens is 3. The second-order valence-corrected chi connectivity index (χ2v) is 9.46. The monoisotopic (exact) mass is 510 g/mol. The van der Waals surface area contributed by atoms with Crippen LogP contribution in [0.5, 0.6) is 0 Å². The summed E-state index contributed by atoms with van der Waals surface area (Å²) in [6, 6.07) is 13.1. The van der Waals surface area contributed by atoms with Gasteiger partial charge in [0.25, 0.3) is 0 Å². The summed E-state index contributed by atoms with van der Waals surface area (Å²) in [5, 5.41) is 6.38. The fraction of sp³-hybridized carbons (Fsp3) is 0.346. The first-order valence-electron chi connectivity index (χ1n) is 12.2. The number of piperazine rings is 1. The summed E-state index contributed by atoms with van der Waals surface area (Å²) < 4.78 is 40.6. The summed E-state index contributed by atoms with van der Waals surface area (Å²) in [4.78, 5) is 18.4. The van der Waals surface area contributed by atoms with Gasteiger partial charge in [-0.1, -0.05) is 0 Å². The van der Waals surface area contributed by atoms with Crippen LogP contribution in [-0.2, 0) is 6.18 Å². The van der Waals surface area contributed by atoms with Gasteiger partial charge < -0.3 is 20.4 Å². The van der Waals surface area contributed by atoms with Crippen molar-refractivity contribution in [2.45, 2.75) is 26.1 Å². The summed E-state index contributed by atoms with van der Waals surface area (Å²) in [5.41, 5.74) is 3.06. The lowest BCUT2D eigenvalue weighted by Crippen LogP contribution is -2.44. The van der Waals surface area contributed by atoms with Crippen molar-refractivity contribution in [2.24, 2.45) is 0 Å². The Labute approximate surface area is 213 Å². The minimum atomic E-state index is -4.38. The third-order valence-electron chi connectivity index (χ3n) is 6.41. The van der Waals surface area contributed by atoms with E-state index in [9.17, 15) is 13.2 Å². The Hall–Kier alpha value is -3.86. The highest BCUT2D eigenvalue weighted by Gasteiger charge is 2.30. The van der Waals surface area contributed by atoms with Gasteiger partial charge in [0.1, 0.15) is 5.52 Å². The van der Waals surface area contributed by atoms with E-state index >= 15 is 0 Å². The molecule has 1 fully saturated rings. The molecule has 0 amide bonds. The van der Waals surface area contributed by atoms with E-state index in [2.05, 4.69) is 49.6 Å². The van der Waals surface area contributed by atoms with Gasteiger partial charge in [0.15, 0.2) is 5.65 Å². The number of anilines is 5. The second-order valence-electron chi connectivity index (χ2n) is 9.46. The number of fused-ring (bicyclic) bond motifs is 1. The topological polar surface area (TPSA) is 74.1 Å². The fourth-order valence-corrected chi connectivity index (χ4v) is 4.35. The Morgan fingerprint density at radius 2 is 1.46 bits per heavy atom. The molecule has 1 saturated heterocycles. The molecule has 3 heterocycles. The van der Waals surface area contributed by atoms with E-state index in [4.69, 9.17) is 4.98 Å². The number of nitrogens with one attached hydrogen (secondary N) is 2. The summed E-state index contributed by atoms with van der Waals surface area (Å²) in [6.07, 6.45) is -2.74. The quantitative estimate of drug-likeness (QED) is 0.347. The lowest BCUT2D eigenvalue weighted by Gasteiger charge is -2.34.